The van der Waals surface area contributed by atoms with E-state index in [1.807, 2.05) is 26.8 Å². The molecule has 6 nitrogen and oxygen atoms in total. The van der Waals surface area contributed by atoms with Crippen molar-refractivity contribution in [2.75, 3.05) is 26.3 Å². The molecular formula is C21H26FN3O3. The molecule has 2 aromatic rings. The lowest BCUT2D eigenvalue weighted by molar-refractivity contribution is 0.0766. The van der Waals surface area contributed by atoms with Crippen LogP contribution in [0.3, 0.4) is 0 Å². The number of ether oxygens (including phenoxy) is 3. The van der Waals surface area contributed by atoms with Crippen molar-refractivity contribution in [3.63, 3.8) is 0 Å². The van der Waals surface area contributed by atoms with Gasteiger partial charge in [0.05, 0.1) is 17.9 Å². The number of likely N-dealkylation sites (tertiary alicyclic amines) is 1. The molecule has 0 radical (unpaired) electrons. The fourth-order valence-corrected chi connectivity index (χ4v) is 3.69. The van der Waals surface area contributed by atoms with Crippen molar-refractivity contribution in [2.45, 2.75) is 45.8 Å². The Labute approximate surface area is 164 Å². The SMILES string of the molecule is Cc1cc(OC2CCN(C(C)c3nc4c(cc3F)OCCO4)CC2)cnc1C. The zero-order valence-electron chi connectivity index (χ0n) is 16.6. The van der Waals surface area contributed by atoms with Crippen molar-refractivity contribution in [3.8, 4) is 17.4 Å². The summed E-state index contributed by atoms with van der Waals surface area (Å²) >= 11 is 0. The number of aromatic nitrogens is 2. The van der Waals surface area contributed by atoms with E-state index in [0.29, 0.717) is 30.5 Å². The fraction of sp³-hybridized carbons (Fsp3) is 0.524. The lowest BCUT2D eigenvalue weighted by Gasteiger charge is -2.36. The Morgan fingerprint density at radius 2 is 1.93 bits per heavy atom. The molecule has 7 heteroatoms. The highest BCUT2D eigenvalue weighted by Crippen LogP contribution is 2.34. The molecule has 0 amide bonds. The van der Waals surface area contributed by atoms with Crippen molar-refractivity contribution in [1.29, 1.82) is 0 Å². The molecule has 0 bridgehead atoms. The van der Waals surface area contributed by atoms with Crippen molar-refractivity contribution in [3.05, 3.63) is 41.1 Å². The number of pyridine rings is 2. The highest BCUT2D eigenvalue weighted by molar-refractivity contribution is 5.37. The molecule has 4 heterocycles. The van der Waals surface area contributed by atoms with Crippen LogP contribution in [0.15, 0.2) is 18.3 Å². The highest BCUT2D eigenvalue weighted by atomic mass is 19.1. The molecule has 1 unspecified atom stereocenters. The number of halogens is 1. The predicted octanol–water partition coefficient (Wildman–Crippen LogP) is 3.61. The molecule has 0 N–H and O–H groups in total. The van der Waals surface area contributed by atoms with Crippen LogP contribution in [0.1, 0.15) is 42.8 Å². The average molecular weight is 387 g/mol. The van der Waals surface area contributed by atoms with Crippen molar-refractivity contribution in [2.24, 2.45) is 0 Å². The summed E-state index contributed by atoms with van der Waals surface area (Å²) in [5.74, 6) is 1.23. The average Bonchev–Trinajstić information content (AvgIpc) is 2.70. The standard InChI is InChI=1S/C21H26FN3O3/c1-13-10-17(12-23-14(13)2)28-16-4-6-25(7-5-16)15(3)20-18(22)11-19-21(24-20)27-9-8-26-19/h10-12,15-16H,4-9H2,1-3H3. The summed E-state index contributed by atoms with van der Waals surface area (Å²) < 4.78 is 31.6. The molecule has 0 saturated carbocycles. The Morgan fingerprint density at radius 3 is 2.68 bits per heavy atom. The maximum atomic E-state index is 14.6. The number of hydrogen-bond donors (Lipinski definition) is 0. The van der Waals surface area contributed by atoms with Gasteiger partial charge in [-0.2, -0.15) is 0 Å². The van der Waals surface area contributed by atoms with Gasteiger partial charge in [-0.15, -0.1) is 0 Å². The molecule has 0 aromatic carbocycles. The third-order valence-electron chi connectivity index (χ3n) is 5.55. The van der Waals surface area contributed by atoms with E-state index in [1.165, 1.54) is 6.07 Å². The summed E-state index contributed by atoms with van der Waals surface area (Å²) in [6.45, 7) is 8.51. The van der Waals surface area contributed by atoms with Gasteiger partial charge in [0.15, 0.2) is 5.75 Å². The number of piperidine rings is 1. The molecule has 2 aliphatic rings. The van der Waals surface area contributed by atoms with Gasteiger partial charge in [0.1, 0.15) is 30.9 Å². The van der Waals surface area contributed by atoms with Crippen LogP contribution in [0.25, 0.3) is 0 Å². The molecule has 2 aliphatic heterocycles. The molecule has 150 valence electrons. The van der Waals surface area contributed by atoms with Crippen LogP contribution < -0.4 is 14.2 Å². The summed E-state index contributed by atoms with van der Waals surface area (Å²) in [7, 11) is 0. The highest BCUT2D eigenvalue weighted by Gasteiger charge is 2.28. The Kier molecular flexibility index (Phi) is 5.35. The second-order valence-electron chi connectivity index (χ2n) is 7.46. The van der Waals surface area contributed by atoms with Crippen LogP contribution in [-0.2, 0) is 0 Å². The van der Waals surface area contributed by atoms with Crippen molar-refractivity contribution < 1.29 is 18.6 Å². The fourth-order valence-electron chi connectivity index (χ4n) is 3.69. The first-order valence-corrected chi connectivity index (χ1v) is 9.81. The normalized spacial score (nSPS) is 18.7. The first-order chi connectivity index (χ1) is 13.5. The van der Waals surface area contributed by atoms with Crippen LogP contribution >= 0.6 is 0 Å². The van der Waals surface area contributed by atoms with Crippen LogP contribution in [0, 0.1) is 19.7 Å². The Bertz CT molecular complexity index is 853. The molecule has 2 aromatic heterocycles. The van der Waals surface area contributed by atoms with Gasteiger partial charge in [0.25, 0.3) is 5.88 Å². The quantitative estimate of drug-likeness (QED) is 0.799. The van der Waals surface area contributed by atoms with Gasteiger partial charge in [0.2, 0.25) is 0 Å². The number of aryl methyl sites for hydroxylation is 2. The molecule has 1 fully saturated rings. The van der Waals surface area contributed by atoms with E-state index in [1.54, 1.807) is 6.20 Å². The smallest absolute Gasteiger partial charge is 0.257 e. The van der Waals surface area contributed by atoms with Crippen LogP contribution in [0.4, 0.5) is 4.39 Å². The topological polar surface area (TPSA) is 56.7 Å². The lowest BCUT2D eigenvalue weighted by Crippen LogP contribution is -2.40. The summed E-state index contributed by atoms with van der Waals surface area (Å²) in [4.78, 5) is 11.0. The third-order valence-corrected chi connectivity index (χ3v) is 5.55. The van der Waals surface area contributed by atoms with Crippen LogP contribution in [0.5, 0.6) is 17.4 Å². The number of nitrogens with zero attached hydrogens (tertiary/aromatic N) is 3. The van der Waals surface area contributed by atoms with E-state index in [9.17, 15) is 4.39 Å². The van der Waals surface area contributed by atoms with Gasteiger partial charge in [-0.1, -0.05) is 0 Å². The third kappa shape index (κ3) is 3.90. The summed E-state index contributed by atoms with van der Waals surface area (Å²) in [5, 5.41) is 0. The maximum Gasteiger partial charge on any atom is 0.257 e. The van der Waals surface area contributed by atoms with Crippen LogP contribution in [0.2, 0.25) is 0 Å². The van der Waals surface area contributed by atoms with E-state index < -0.39 is 0 Å². The molecular weight excluding hydrogens is 361 g/mol. The molecule has 0 aliphatic carbocycles. The lowest BCUT2D eigenvalue weighted by atomic mass is 10.0. The van der Waals surface area contributed by atoms with E-state index in [4.69, 9.17) is 14.2 Å². The zero-order chi connectivity index (χ0) is 19.7. The first-order valence-electron chi connectivity index (χ1n) is 9.81. The molecule has 1 atom stereocenters. The Hall–Kier alpha value is -2.41. The van der Waals surface area contributed by atoms with E-state index >= 15 is 0 Å². The summed E-state index contributed by atoms with van der Waals surface area (Å²) in [6, 6.07) is 3.28. The minimum Gasteiger partial charge on any atom is -0.489 e. The van der Waals surface area contributed by atoms with E-state index in [-0.39, 0.29) is 18.0 Å². The second-order valence-corrected chi connectivity index (χ2v) is 7.46. The van der Waals surface area contributed by atoms with E-state index in [0.717, 1.165) is 42.9 Å². The number of fused-ring (bicyclic) bond motifs is 1. The minimum atomic E-state index is -0.351. The van der Waals surface area contributed by atoms with Crippen LogP contribution in [-0.4, -0.2) is 47.3 Å². The van der Waals surface area contributed by atoms with Gasteiger partial charge in [-0.3, -0.25) is 9.88 Å². The Balaban J connectivity index is 1.38. The molecule has 0 spiro atoms. The Morgan fingerprint density at radius 1 is 1.18 bits per heavy atom. The van der Waals surface area contributed by atoms with Gasteiger partial charge in [-0.05, 0) is 45.2 Å². The molecule has 4 rings (SSSR count). The van der Waals surface area contributed by atoms with Gasteiger partial charge in [0, 0.05) is 24.8 Å². The first kappa shape index (κ1) is 18.9. The van der Waals surface area contributed by atoms with Gasteiger partial charge < -0.3 is 14.2 Å². The monoisotopic (exact) mass is 387 g/mol. The summed E-state index contributed by atoms with van der Waals surface area (Å²) in [6.07, 6.45) is 3.68. The summed E-state index contributed by atoms with van der Waals surface area (Å²) in [5.41, 5.74) is 2.55. The maximum absolute atomic E-state index is 14.6. The van der Waals surface area contributed by atoms with E-state index in [2.05, 4.69) is 14.9 Å². The minimum absolute atomic E-state index is 0.139. The second kappa shape index (κ2) is 7.91. The number of rotatable bonds is 4. The van der Waals surface area contributed by atoms with Gasteiger partial charge in [-0.25, -0.2) is 9.37 Å². The molecule has 1 saturated heterocycles. The largest absolute Gasteiger partial charge is 0.489 e. The molecule has 28 heavy (non-hydrogen) atoms. The predicted molar refractivity (Wildman–Crippen MR) is 103 cm³/mol. The van der Waals surface area contributed by atoms with Crippen molar-refractivity contribution in [1.82, 2.24) is 14.9 Å². The zero-order valence-corrected chi connectivity index (χ0v) is 16.6. The van der Waals surface area contributed by atoms with Crippen molar-refractivity contribution >= 4 is 0 Å². The van der Waals surface area contributed by atoms with Gasteiger partial charge >= 0.3 is 0 Å². The number of hydrogen-bond acceptors (Lipinski definition) is 6.